The number of carbonyl (C=O) groups is 2. The molecule has 3 saturated heterocycles. The highest BCUT2D eigenvalue weighted by Crippen LogP contribution is 2.30. The van der Waals surface area contributed by atoms with E-state index in [1.807, 2.05) is 13.1 Å². The van der Waals surface area contributed by atoms with E-state index in [4.69, 9.17) is 0 Å². The first kappa shape index (κ1) is 19.4. The maximum absolute atomic E-state index is 13.2. The van der Waals surface area contributed by atoms with Crippen LogP contribution < -0.4 is 5.32 Å². The minimum Gasteiger partial charge on any atom is -0.310 e. The Morgan fingerprint density at radius 2 is 1.89 bits per heavy atom. The number of likely N-dealkylation sites (N-methyl/N-ethyl adjacent to an activating group) is 1. The molecule has 1 aromatic carbocycles. The molecule has 3 fully saturated rings. The number of benzene rings is 1. The molecule has 3 atom stereocenters. The molecule has 28 heavy (non-hydrogen) atoms. The fraction of sp³-hybridized carbons (Fsp3) is 0.619. The quantitative estimate of drug-likeness (QED) is 0.805. The summed E-state index contributed by atoms with van der Waals surface area (Å²) in [4.78, 5) is 33.8. The van der Waals surface area contributed by atoms with Gasteiger partial charge in [-0.2, -0.15) is 0 Å². The number of nitrogens with one attached hydrogen (secondary N) is 1. The van der Waals surface area contributed by atoms with Crippen LogP contribution in [0.4, 0.5) is 4.79 Å². The molecule has 4 rings (SSSR count). The van der Waals surface area contributed by atoms with Crippen molar-refractivity contribution in [1.29, 1.82) is 0 Å². The molecular formula is C21H31N5O2. The van der Waals surface area contributed by atoms with Crippen LogP contribution in [0.15, 0.2) is 30.3 Å². The number of nitrogens with zero attached hydrogens (tertiary/aromatic N) is 4. The highest BCUT2D eigenvalue weighted by Gasteiger charge is 2.55. The molecule has 3 aliphatic heterocycles. The van der Waals surface area contributed by atoms with Gasteiger partial charge in [0, 0.05) is 33.2 Å². The summed E-state index contributed by atoms with van der Waals surface area (Å²) in [6.07, 6.45) is 3.59. The van der Waals surface area contributed by atoms with E-state index >= 15 is 0 Å². The molecule has 3 amide bonds. The molecule has 3 unspecified atom stereocenters. The van der Waals surface area contributed by atoms with Crippen molar-refractivity contribution in [2.75, 3.05) is 33.2 Å². The Morgan fingerprint density at radius 3 is 2.64 bits per heavy atom. The lowest BCUT2D eigenvalue weighted by Gasteiger charge is -2.43. The molecule has 0 aromatic heterocycles. The molecule has 0 saturated carbocycles. The molecule has 0 bridgehead atoms. The Balaban J connectivity index is 1.49. The lowest BCUT2D eigenvalue weighted by atomic mass is 10.1. The summed E-state index contributed by atoms with van der Waals surface area (Å²) in [6.45, 7) is 5.41. The first-order valence-corrected chi connectivity index (χ1v) is 10.5. The Morgan fingerprint density at radius 1 is 1.11 bits per heavy atom. The van der Waals surface area contributed by atoms with E-state index in [9.17, 15) is 9.59 Å². The number of hydrogen-bond donors (Lipinski definition) is 1. The van der Waals surface area contributed by atoms with Gasteiger partial charge in [0.05, 0.1) is 0 Å². The largest absolute Gasteiger partial charge is 0.327 e. The highest BCUT2D eigenvalue weighted by atomic mass is 16.2. The van der Waals surface area contributed by atoms with Crippen molar-refractivity contribution in [2.24, 2.45) is 0 Å². The third kappa shape index (κ3) is 3.43. The van der Waals surface area contributed by atoms with Gasteiger partial charge in [0.25, 0.3) is 5.91 Å². The summed E-state index contributed by atoms with van der Waals surface area (Å²) < 4.78 is 0. The maximum atomic E-state index is 13.2. The Kier molecular flexibility index (Phi) is 5.66. The summed E-state index contributed by atoms with van der Waals surface area (Å²) in [5.41, 5.74) is 1.32. The SMILES string of the molecule is CCCCN1C(=O)C2C(NC3N(CCc4ccccc4)CCCN23)N(C)C1=O. The predicted molar refractivity (Wildman–Crippen MR) is 107 cm³/mol. The van der Waals surface area contributed by atoms with Crippen molar-refractivity contribution in [3.63, 3.8) is 0 Å². The van der Waals surface area contributed by atoms with E-state index in [1.165, 1.54) is 10.5 Å². The summed E-state index contributed by atoms with van der Waals surface area (Å²) >= 11 is 0. The molecule has 7 nitrogen and oxygen atoms in total. The number of urea groups is 1. The van der Waals surface area contributed by atoms with Crippen molar-refractivity contribution >= 4 is 11.9 Å². The van der Waals surface area contributed by atoms with E-state index in [2.05, 4.69) is 46.3 Å². The second-order valence-electron chi connectivity index (χ2n) is 8.03. The van der Waals surface area contributed by atoms with Crippen molar-refractivity contribution < 1.29 is 9.59 Å². The first-order chi connectivity index (χ1) is 13.6. The lowest BCUT2D eigenvalue weighted by Crippen LogP contribution is -2.66. The van der Waals surface area contributed by atoms with Gasteiger partial charge in [-0.05, 0) is 24.8 Å². The molecule has 1 aromatic rings. The Hall–Kier alpha value is -1.96. The molecular weight excluding hydrogens is 354 g/mol. The zero-order valence-electron chi connectivity index (χ0n) is 16.9. The van der Waals surface area contributed by atoms with E-state index in [1.54, 1.807) is 4.90 Å². The Labute approximate surface area is 167 Å². The second-order valence-corrected chi connectivity index (χ2v) is 8.03. The number of carbonyl (C=O) groups excluding carboxylic acids is 2. The molecule has 3 heterocycles. The normalized spacial score (nSPS) is 28.6. The van der Waals surface area contributed by atoms with Crippen molar-refractivity contribution in [2.45, 2.75) is 51.1 Å². The van der Waals surface area contributed by atoms with Gasteiger partial charge < -0.3 is 4.90 Å². The standard InChI is InChI=1S/C21H31N5O2/c1-3-4-13-26-19(27)17-18(23(2)21(26)28)22-20-24(12-8-14-25(17)20)15-11-16-9-6-5-7-10-16/h5-7,9-10,17-18,20,22H,3-4,8,11-15H2,1-2H3. The maximum Gasteiger partial charge on any atom is 0.327 e. The smallest absolute Gasteiger partial charge is 0.310 e. The third-order valence-electron chi connectivity index (χ3n) is 6.23. The Bertz CT molecular complexity index is 712. The summed E-state index contributed by atoms with van der Waals surface area (Å²) in [7, 11) is 1.81. The summed E-state index contributed by atoms with van der Waals surface area (Å²) in [5, 5.41) is 3.58. The van der Waals surface area contributed by atoms with Crippen molar-refractivity contribution in [3.8, 4) is 0 Å². The van der Waals surface area contributed by atoms with E-state index in [-0.39, 0.29) is 30.4 Å². The van der Waals surface area contributed by atoms with Crippen LogP contribution in [0.2, 0.25) is 0 Å². The lowest BCUT2D eigenvalue weighted by molar-refractivity contribution is -0.140. The molecule has 152 valence electrons. The number of rotatable bonds is 6. The molecule has 0 radical (unpaired) electrons. The fourth-order valence-electron chi connectivity index (χ4n) is 4.67. The topological polar surface area (TPSA) is 59.1 Å². The molecule has 0 aliphatic carbocycles. The van der Waals surface area contributed by atoms with Gasteiger partial charge in [-0.25, -0.2) is 4.79 Å². The van der Waals surface area contributed by atoms with Crippen LogP contribution >= 0.6 is 0 Å². The van der Waals surface area contributed by atoms with E-state index < -0.39 is 0 Å². The average molecular weight is 386 g/mol. The number of amides is 3. The third-order valence-corrected chi connectivity index (χ3v) is 6.23. The van der Waals surface area contributed by atoms with Crippen molar-refractivity contribution in [3.05, 3.63) is 35.9 Å². The second kappa shape index (κ2) is 8.19. The van der Waals surface area contributed by atoms with Gasteiger partial charge in [0.1, 0.15) is 18.5 Å². The van der Waals surface area contributed by atoms with Gasteiger partial charge in [-0.3, -0.25) is 24.8 Å². The summed E-state index contributed by atoms with van der Waals surface area (Å²) in [6, 6.07) is 10.0. The van der Waals surface area contributed by atoms with Gasteiger partial charge >= 0.3 is 6.03 Å². The minimum absolute atomic E-state index is 0.0118. The number of imide groups is 1. The number of hydrogen-bond acceptors (Lipinski definition) is 5. The van der Waals surface area contributed by atoms with Crippen LogP contribution in [0, 0.1) is 0 Å². The van der Waals surface area contributed by atoms with Crippen LogP contribution in [-0.2, 0) is 11.2 Å². The molecule has 1 N–H and O–H groups in total. The zero-order valence-corrected chi connectivity index (χ0v) is 16.9. The number of fused-ring (bicyclic) bond motifs is 3. The monoisotopic (exact) mass is 385 g/mol. The van der Waals surface area contributed by atoms with E-state index in [0.717, 1.165) is 45.3 Å². The van der Waals surface area contributed by atoms with Gasteiger partial charge in [-0.15, -0.1) is 0 Å². The van der Waals surface area contributed by atoms with Crippen molar-refractivity contribution in [1.82, 2.24) is 24.9 Å². The molecule has 0 spiro atoms. The van der Waals surface area contributed by atoms with Crippen LogP contribution in [0.1, 0.15) is 31.7 Å². The zero-order chi connectivity index (χ0) is 19.7. The highest BCUT2D eigenvalue weighted by molar-refractivity contribution is 6.00. The first-order valence-electron chi connectivity index (χ1n) is 10.5. The van der Waals surface area contributed by atoms with Crippen LogP contribution in [-0.4, -0.2) is 83.3 Å². The average Bonchev–Trinajstić information content (AvgIpc) is 3.12. The minimum atomic E-state index is -0.288. The van der Waals surface area contributed by atoms with Crippen LogP contribution in [0.3, 0.4) is 0 Å². The summed E-state index contributed by atoms with van der Waals surface area (Å²) in [5.74, 6) is -0.0403. The predicted octanol–water partition coefficient (Wildman–Crippen LogP) is 1.51. The van der Waals surface area contributed by atoms with Crippen LogP contribution in [0.5, 0.6) is 0 Å². The fourth-order valence-corrected chi connectivity index (χ4v) is 4.67. The molecule has 3 aliphatic rings. The van der Waals surface area contributed by atoms with Gasteiger partial charge in [0.2, 0.25) is 0 Å². The van der Waals surface area contributed by atoms with Crippen LogP contribution in [0.25, 0.3) is 0 Å². The van der Waals surface area contributed by atoms with Gasteiger partial charge in [0.15, 0.2) is 0 Å². The van der Waals surface area contributed by atoms with E-state index in [0.29, 0.717) is 6.54 Å². The molecule has 7 heteroatoms. The van der Waals surface area contributed by atoms with Gasteiger partial charge in [-0.1, -0.05) is 43.7 Å². The number of unbranched alkanes of at least 4 members (excludes halogenated alkanes) is 1.